The molecule has 5 rings (SSSR count). The summed E-state index contributed by atoms with van der Waals surface area (Å²) >= 11 is 0. The van der Waals surface area contributed by atoms with Crippen molar-refractivity contribution in [2.24, 2.45) is 0 Å². The minimum absolute atomic E-state index is 0.179. The van der Waals surface area contributed by atoms with Gasteiger partial charge in [0.15, 0.2) is 17.5 Å². The number of fused-ring (bicyclic) bond motifs is 4. The molecular weight excluding hydrogens is 330 g/mol. The van der Waals surface area contributed by atoms with Gasteiger partial charge in [-0.15, -0.1) is 0 Å². The highest BCUT2D eigenvalue weighted by Crippen LogP contribution is 2.39. The number of aryl methyl sites for hydroxylation is 1. The molecular formula is C21H19NO4. The molecule has 1 aliphatic heterocycles. The average molecular weight is 349 g/mol. The van der Waals surface area contributed by atoms with Crippen LogP contribution in [0.5, 0.6) is 11.5 Å². The molecule has 1 aliphatic carbocycles. The zero-order chi connectivity index (χ0) is 17.7. The number of aromatic nitrogens is 1. The summed E-state index contributed by atoms with van der Waals surface area (Å²) in [6.07, 6.45) is 4.17. The molecule has 0 radical (unpaired) electrons. The van der Waals surface area contributed by atoms with Gasteiger partial charge < -0.3 is 19.1 Å². The normalized spacial score (nSPS) is 16.5. The molecule has 1 aromatic heterocycles. The third kappa shape index (κ3) is 2.20. The Labute approximate surface area is 150 Å². The molecule has 0 saturated carbocycles. The average Bonchev–Trinajstić information content (AvgIpc) is 3.25. The molecule has 1 atom stereocenters. The van der Waals surface area contributed by atoms with Crippen LogP contribution in [0.15, 0.2) is 42.5 Å². The van der Waals surface area contributed by atoms with E-state index < -0.39 is 12.0 Å². The molecule has 5 heteroatoms. The van der Waals surface area contributed by atoms with Gasteiger partial charge in [-0.25, -0.2) is 4.79 Å². The molecule has 1 N–H and O–H groups in total. The van der Waals surface area contributed by atoms with Gasteiger partial charge in [0.2, 0.25) is 6.79 Å². The maximum absolute atomic E-state index is 12.3. The number of ether oxygens (including phenoxy) is 2. The third-order valence-corrected chi connectivity index (χ3v) is 5.42. The van der Waals surface area contributed by atoms with Crippen LogP contribution in [0.1, 0.15) is 35.7 Å². The van der Waals surface area contributed by atoms with Gasteiger partial charge in [0, 0.05) is 16.6 Å². The summed E-state index contributed by atoms with van der Waals surface area (Å²) in [5.41, 5.74) is 4.15. The molecule has 0 saturated heterocycles. The highest BCUT2D eigenvalue weighted by atomic mass is 16.7. The van der Waals surface area contributed by atoms with Crippen molar-refractivity contribution in [1.29, 1.82) is 0 Å². The summed E-state index contributed by atoms with van der Waals surface area (Å²) in [6, 6.07) is 12.8. The Hall–Kier alpha value is -2.95. The van der Waals surface area contributed by atoms with E-state index in [-0.39, 0.29) is 6.79 Å². The molecule has 2 aliphatic rings. The Bertz CT molecular complexity index is 1020. The van der Waals surface area contributed by atoms with Gasteiger partial charge in [0.05, 0.1) is 0 Å². The molecule has 3 aromatic rings. The van der Waals surface area contributed by atoms with E-state index in [1.807, 2.05) is 28.8 Å². The largest absolute Gasteiger partial charge is 0.479 e. The van der Waals surface area contributed by atoms with E-state index in [4.69, 9.17) is 9.47 Å². The first-order valence-electron chi connectivity index (χ1n) is 8.97. The Balaban J connectivity index is 1.75. The topological polar surface area (TPSA) is 60.7 Å². The number of carboxylic acids is 1. The lowest BCUT2D eigenvalue weighted by Gasteiger charge is -2.22. The lowest BCUT2D eigenvalue weighted by Crippen LogP contribution is -2.23. The van der Waals surface area contributed by atoms with Gasteiger partial charge in [-0.1, -0.05) is 24.3 Å². The summed E-state index contributed by atoms with van der Waals surface area (Å²) in [4.78, 5) is 12.3. The van der Waals surface area contributed by atoms with Gasteiger partial charge in [0.1, 0.15) is 0 Å². The molecule has 1 unspecified atom stereocenters. The molecule has 0 spiro atoms. The molecule has 0 bridgehead atoms. The molecule has 2 aromatic carbocycles. The Morgan fingerprint density at radius 1 is 1.04 bits per heavy atom. The van der Waals surface area contributed by atoms with Crippen LogP contribution in [-0.2, 0) is 17.6 Å². The lowest BCUT2D eigenvalue weighted by molar-refractivity contribution is -0.139. The monoisotopic (exact) mass is 349 g/mol. The second-order valence-corrected chi connectivity index (χ2v) is 6.87. The first-order valence-corrected chi connectivity index (χ1v) is 8.97. The van der Waals surface area contributed by atoms with Gasteiger partial charge in [-0.3, -0.25) is 0 Å². The number of hydrogen-bond acceptors (Lipinski definition) is 3. The van der Waals surface area contributed by atoms with Crippen LogP contribution in [0.25, 0.3) is 10.9 Å². The SMILES string of the molecule is O=C(O)C(c1ccc2c(c1)OCO2)n1c2c(c3ccccc31)CCCC2. The summed E-state index contributed by atoms with van der Waals surface area (Å²) < 4.78 is 12.8. The van der Waals surface area contributed by atoms with Crippen LogP contribution >= 0.6 is 0 Å². The number of carbonyl (C=O) groups is 1. The molecule has 0 amide bonds. The van der Waals surface area contributed by atoms with Crippen molar-refractivity contribution >= 4 is 16.9 Å². The van der Waals surface area contributed by atoms with Crippen LogP contribution in [0, 0.1) is 0 Å². The Morgan fingerprint density at radius 2 is 1.85 bits per heavy atom. The number of para-hydroxylation sites is 1. The second-order valence-electron chi connectivity index (χ2n) is 6.87. The van der Waals surface area contributed by atoms with E-state index in [0.717, 1.165) is 36.9 Å². The number of aliphatic carboxylic acids is 1. The Morgan fingerprint density at radius 3 is 2.73 bits per heavy atom. The summed E-state index contributed by atoms with van der Waals surface area (Å²) in [7, 11) is 0. The maximum Gasteiger partial charge on any atom is 0.331 e. The molecule has 132 valence electrons. The Kier molecular flexibility index (Phi) is 3.42. The van der Waals surface area contributed by atoms with E-state index >= 15 is 0 Å². The van der Waals surface area contributed by atoms with E-state index in [1.165, 1.54) is 10.9 Å². The van der Waals surface area contributed by atoms with Crippen molar-refractivity contribution in [1.82, 2.24) is 4.57 Å². The van der Waals surface area contributed by atoms with Crippen LogP contribution in [0.4, 0.5) is 0 Å². The van der Waals surface area contributed by atoms with E-state index in [9.17, 15) is 9.90 Å². The van der Waals surface area contributed by atoms with Crippen molar-refractivity contribution in [3.63, 3.8) is 0 Å². The zero-order valence-electron chi connectivity index (χ0n) is 14.3. The number of hydrogen-bond donors (Lipinski definition) is 1. The van der Waals surface area contributed by atoms with Crippen molar-refractivity contribution < 1.29 is 19.4 Å². The van der Waals surface area contributed by atoms with Crippen molar-refractivity contribution in [3.05, 3.63) is 59.3 Å². The molecule has 26 heavy (non-hydrogen) atoms. The predicted octanol–water partition coefficient (Wildman–Crippen LogP) is 3.92. The van der Waals surface area contributed by atoms with Crippen LogP contribution in [0.3, 0.4) is 0 Å². The molecule has 0 fully saturated rings. The molecule has 5 nitrogen and oxygen atoms in total. The smallest absolute Gasteiger partial charge is 0.331 e. The summed E-state index contributed by atoms with van der Waals surface area (Å²) in [5, 5.41) is 11.3. The fourth-order valence-corrected chi connectivity index (χ4v) is 4.31. The van der Waals surface area contributed by atoms with Crippen LogP contribution < -0.4 is 9.47 Å². The van der Waals surface area contributed by atoms with Crippen LogP contribution in [-0.4, -0.2) is 22.4 Å². The minimum Gasteiger partial charge on any atom is -0.479 e. The van der Waals surface area contributed by atoms with Gasteiger partial charge in [-0.05, 0) is 55.0 Å². The van der Waals surface area contributed by atoms with Gasteiger partial charge in [-0.2, -0.15) is 0 Å². The summed E-state index contributed by atoms with van der Waals surface area (Å²) in [5.74, 6) is 0.411. The minimum atomic E-state index is -0.863. The van der Waals surface area contributed by atoms with Gasteiger partial charge in [0.25, 0.3) is 0 Å². The fraction of sp³-hybridized carbons (Fsp3) is 0.286. The van der Waals surface area contributed by atoms with E-state index in [2.05, 4.69) is 6.07 Å². The predicted molar refractivity (Wildman–Crippen MR) is 96.9 cm³/mol. The standard InChI is InChI=1S/C21H19NO4/c23-21(24)20(13-9-10-18-19(11-13)26-12-25-18)22-16-7-3-1-5-14(16)15-6-2-4-8-17(15)22/h1,3,5,7,9-11,20H,2,4,6,8,12H2,(H,23,24). The quantitative estimate of drug-likeness (QED) is 0.778. The van der Waals surface area contributed by atoms with E-state index in [0.29, 0.717) is 17.1 Å². The molecule has 2 heterocycles. The number of rotatable bonds is 3. The van der Waals surface area contributed by atoms with E-state index in [1.54, 1.807) is 12.1 Å². The summed E-state index contributed by atoms with van der Waals surface area (Å²) in [6.45, 7) is 0.179. The van der Waals surface area contributed by atoms with Crippen LogP contribution in [0.2, 0.25) is 0 Å². The number of nitrogens with zero attached hydrogens (tertiary/aromatic N) is 1. The highest BCUT2D eigenvalue weighted by Gasteiger charge is 2.30. The lowest BCUT2D eigenvalue weighted by atomic mass is 9.95. The maximum atomic E-state index is 12.3. The highest BCUT2D eigenvalue weighted by molar-refractivity contribution is 5.89. The van der Waals surface area contributed by atoms with Crippen molar-refractivity contribution in [2.45, 2.75) is 31.7 Å². The number of benzene rings is 2. The number of carboxylic acid groups (broad SMARTS) is 1. The third-order valence-electron chi connectivity index (χ3n) is 5.42. The zero-order valence-corrected chi connectivity index (χ0v) is 14.3. The van der Waals surface area contributed by atoms with Gasteiger partial charge >= 0.3 is 5.97 Å². The first kappa shape index (κ1) is 15.3. The van der Waals surface area contributed by atoms with Crippen molar-refractivity contribution in [2.75, 3.05) is 6.79 Å². The fourth-order valence-electron chi connectivity index (χ4n) is 4.31. The second kappa shape index (κ2) is 5.80. The first-order chi connectivity index (χ1) is 12.7. The van der Waals surface area contributed by atoms with Crippen molar-refractivity contribution in [3.8, 4) is 11.5 Å².